The van der Waals surface area contributed by atoms with E-state index in [-0.39, 0.29) is 12.4 Å². The van der Waals surface area contributed by atoms with Crippen molar-refractivity contribution in [2.75, 3.05) is 13.7 Å². The zero-order valence-electron chi connectivity index (χ0n) is 11.5. The summed E-state index contributed by atoms with van der Waals surface area (Å²) < 4.78 is 9.78. The van der Waals surface area contributed by atoms with E-state index in [0.29, 0.717) is 24.2 Å². The third-order valence-corrected chi connectivity index (χ3v) is 3.39. The molecule has 0 amide bonds. The lowest BCUT2D eigenvalue weighted by molar-refractivity contribution is -0.154. The molecular formula is C15H16O5. The van der Waals surface area contributed by atoms with Gasteiger partial charge in [-0.15, -0.1) is 0 Å². The Morgan fingerprint density at radius 3 is 2.75 bits per heavy atom. The number of hydrogen-bond donors (Lipinski definition) is 0. The molecule has 106 valence electrons. The maximum atomic E-state index is 12.3. The Hall–Kier alpha value is -2.17. The fourth-order valence-corrected chi connectivity index (χ4v) is 2.36. The molecule has 1 aliphatic rings. The molecule has 0 aliphatic heterocycles. The molecular weight excluding hydrogens is 260 g/mol. The SMILES string of the molecule is CCOC(=O)C(=O)[C@@H]1CCc2cc(OC)ccc2C1=O. The molecule has 1 aliphatic carbocycles. The lowest BCUT2D eigenvalue weighted by Gasteiger charge is -2.22. The summed E-state index contributed by atoms with van der Waals surface area (Å²) in [4.78, 5) is 35.7. The molecule has 0 aromatic heterocycles. The van der Waals surface area contributed by atoms with E-state index in [0.717, 1.165) is 5.56 Å². The first-order chi connectivity index (χ1) is 9.58. The smallest absolute Gasteiger partial charge is 0.375 e. The molecule has 0 N–H and O–H groups in total. The molecule has 0 bridgehead atoms. The van der Waals surface area contributed by atoms with Crippen LogP contribution in [-0.2, 0) is 20.7 Å². The Labute approximate surface area is 116 Å². The fourth-order valence-electron chi connectivity index (χ4n) is 2.36. The van der Waals surface area contributed by atoms with Crippen LogP contribution in [0.25, 0.3) is 0 Å². The van der Waals surface area contributed by atoms with Gasteiger partial charge in [0.25, 0.3) is 5.78 Å². The second-order valence-electron chi connectivity index (χ2n) is 4.56. The van der Waals surface area contributed by atoms with Crippen LogP contribution in [0.5, 0.6) is 5.75 Å². The van der Waals surface area contributed by atoms with Crippen LogP contribution in [-0.4, -0.2) is 31.3 Å². The lowest BCUT2D eigenvalue weighted by Crippen LogP contribution is -2.35. The van der Waals surface area contributed by atoms with Crippen molar-refractivity contribution in [1.82, 2.24) is 0 Å². The zero-order valence-corrected chi connectivity index (χ0v) is 11.5. The molecule has 1 atom stereocenters. The van der Waals surface area contributed by atoms with Gasteiger partial charge in [-0.05, 0) is 43.5 Å². The first-order valence-electron chi connectivity index (χ1n) is 6.50. The summed E-state index contributed by atoms with van der Waals surface area (Å²) >= 11 is 0. The van der Waals surface area contributed by atoms with E-state index in [4.69, 9.17) is 4.74 Å². The second kappa shape index (κ2) is 5.86. The largest absolute Gasteiger partial charge is 0.497 e. The van der Waals surface area contributed by atoms with Crippen LogP contribution in [0.4, 0.5) is 0 Å². The molecule has 0 saturated carbocycles. The monoisotopic (exact) mass is 276 g/mol. The third-order valence-electron chi connectivity index (χ3n) is 3.39. The van der Waals surface area contributed by atoms with Crippen LogP contribution < -0.4 is 4.74 Å². The molecule has 0 heterocycles. The lowest BCUT2D eigenvalue weighted by atomic mass is 9.80. The van der Waals surface area contributed by atoms with Gasteiger partial charge in [-0.25, -0.2) is 4.79 Å². The number of rotatable bonds is 4. The quantitative estimate of drug-likeness (QED) is 0.474. The minimum absolute atomic E-state index is 0.124. The molecule has 0 spiro atoms. The van der Waals surface area contributed by atoms with Crippen LogP contribution in [0, 0.1) is 5.92 Å². The number of carbonyl (C=O) groups is 3. The van der Waals surface area contributed by atoms with Crippen molar-refractivity contribution >= 4 is 17.5 Å². The van der Waals surface area contributed by atoms with E-state index in [1.54, 1.807) is 32.2 Å². The molecule has 2 rings (SSSR count). The van der Waals surface area contributed by atoms with Crippen LogP contribution in [0.1, 0.15) is 29.3 Å². The van der Waals surface area contributed by atoms with E-state index in [1.165, 1.54) is 0 Å². The summed E-state index contributed by atoms with van der Waals surface area (Å²) in [6.45, 7) is 1.74. The summed E-state index contributed by atoms with van der Waals surface area (Å²) in [5.41, 5.74) is 1.34. The maximum Gasteiger partial charge on any atom is 0.375 e. The average Bonchev–Trinajstić information content (AvgIpc) is 2.46. The number of carbonyl (C=O) groups excluding carboxylic acids is 3. The highest BCUT2D eigenvalue weighted by molar-refractivity contribution is 6.39. The molecule has 0 fully saturated rings. The number of ether oxygens (including phenoxy) is 2. The van der Waals surface area contributed by atoms with Gasteiger partial charge in [-0.1, -0.05) is 0 Å². The van der Waals surface area contributed by atoms with Crippen molar-refractivity contribution in [3.8, 4) is 5.75 Å². The summed E-state index contributed by atoms with van der Waals surface area (Å²) in [6, 6.07) is 5.10. The minimum Gasteiger partial charge on any atom is -0.497 e. The Morgan fingerprint density at radius 2 is 2.10 bits per heavy atom. The van der Waals surface area contributed by atoms with Gasteiger partial charge >= 0.3 is 5.97 Å². The molecule has 1 aromatic carbocycles. The van der Waals surface area contributed by atoms with E-state index < -0.39 is 17.7 Å². The fraction of sp³-hybridized carbons (Fsp3) is 0.400. The Bertz CT molecular complexity index is 561. The number of aryl methyl sites for hydroxylation is 1. The van der Waals surface area contributed by atoms with Crippen molar-refractivity contribution < 1.29 is 23.9 Å². The Kier molecular flexibility index (Phi) is 4.17. The van der Waals surface area contributed by atoms with E-state index in [1.807, 2.05) is 0 Å². The van der Waals surface area contributed by atoms with Gasteiger partial charge < -0.3 is 9.47 Å². The Balaban J connectivity index is 2.23. The highest BCUT2D eigenvalue weighted by atomic mass is 16.5. The number of fused-ring (bicyclic) bond motifs is 1. The van der Waals surface area contributed by atoms with Gasteiger partial charge in [0.15, 0.2) is 5.78 Å². The first-order valence-corrected chi connectivity index (χ1v) is 6.50. The summed E-state index contributed by atoms with van der Waals surface area (Å²) in [6.07, 6.45) is 0.894. The van der Waals surface area contributed by atoms with Crippen LogP contribution in [0.2, 0.25) is 0 Å². The van der Waals surface area contributed by atoms with Gasteiger partial charge in [-0.2, -0.15) is 0 Å². The minimum atomic E-state index is -0.928. The summed E-state index contributed by atoms with van der Waals surface area (Å²) in [5, 5.41) is 0. The topological polar surface area (TPSA) is 69.7 Å². The second-order valence-corrected chi connectivity index (χ2v) is 4.56. The number of Topliss-reactive ketones (excluding diaryl/α,β-unsaturated/α-hetero) is 2. The van der Waals surface area contributed by atoms with Crippen molar-refractivity contribution in [2.24, 2.45) is 5.92 Å². The van der Waals surface area contributed by atoms with Gasteiger partial charge in [0.05, 0.1) is 19.6 Å². The molecule has 0 unspecified atom stereocenters. The highest BCUT2D eigenvalue weighted by Crippen LogP contribution is 2.29. The van der Waals surface area contributed by atoms with Crippen LogP contribution in [0.3, 0.4) is 0 Å². The standard InChI is InChI=1S/C15H16O5/c1-3-20-15(18)14(17)12-6-4-9-8-10(19-2)5-7-11(9)13(12)16/h5,7-8,12H,3-4,6H2,1-2H3/t12-/m1/s1. The number of methoxy groups -OCH3 is 1. The molecule has 0 radical (unpaired) electrons. The van der Waals surface area contributed by atoms with E-state index >= 15 is 0 Å². The van der Waals surface area contributed by atoms with Crippen molar-refractivity contribution in [1.29, 1.82) is 0 Å². The van der Waals surface area contributed by atoms with Crippen LogP contribution in [0.15, 0.2) is 18.2 Å². The third kappa shape index (κ3) is 2.57. The molecule has 5 heteroatoms. The van der Waals surface area contributed by atoms with Gasteiger partial charge in [0, 0.05) is 5.56 Å². The maximum absolute atomic E-state index is 12.3. The van der Waals surface area contributed by atoms with Crippen molar-refractivity contribution in [2.45, 2.75) is 19.8 Å². The first kappa shape index (κ1) is 14.2. The molecule has 0 saturated heterocycles. The number of esters is 1. The molecule has 1 aromatic rings. The average molecular weight is 276 g/mol. The predicted molar refractivity (Wildman–Crippen MR) is 70.8 cm³/mol. The van der Waals surface area contributed by atoms with E-state index in [2.05, 4.69) is 4.74 Å². The summed E-state index contributed by atoms with van der Waals surface area (Å²) in [5.74, 6) is -2.24. The van der Waals surface area contributed by atoms with Gasteiger partial charge in [0.1, 0.15) is 5.75 Å². The highest BCUT2D eigenvalue weighted by Gasteiger charge is 2.36. The zero-order chi connectivity index (χ0) is 14.7. The summed E-state index contributed by atoms with van der Waals surface area (Å²) in [7, 11) is 1.56. The van der Waals surface area contributed by atoms with Crippen molar-refractivity contribution in [3.05, 3.63) is 29.3 Å². The van der Waals surface area contributed by atoms with E-state index in [9.17, 15) is 14.4 Å². The molecule has 20 heavy (non-hydrogen) atoms. The number of hydrogen-bond acceptors (Lipinski definition) is 5. The van der Waals surface area contributed by atoms with Crippen LogP contribution >= 0.6 is 0 Å². The van der Waals surface area contributed by atoms with Crippen molar-refractivity contribution in [3.63, 3.8) is 0 Å². The van der Waals surface area contributed by atoms with Gasteiger partial charge in [0.2, 0.25) is 0 Å². The Morgan fingerprint density at radius 1 is 1.35 bits per heavy atom. The number of benzene rings is 1. The number of ketones is 2. The van der Waals surface area contributed by atoms with Gasteiger partial charge in [-0.3, -0.25) is 9.59 Å². The normalized spacial score (nSPS) is 17.3. The molecule has 5 nitrogen and oxygen atoms in total. The predicted octanol–water partition coefficient (Wildman–Crippen LogP) is 1.57.